The molecule has 0 radical (unpaired) electrons. The number of allylic oxidation sites excluding steroid dienone is 4. The van der Waals surface area contributed by atoms with Crippen molar-refractivity contribution in [2.75, 3.05) is 33.2 Å². The summed E-state index contributed by atoms with van der Waals surface area (Å²) in [5, 5.41) is -0.192. The minimum absolute atomic E-state index is 0.192. The molecule has 2 rings (SSSR count). The van der Waals surface area contributed by atoms with Gasteiger partial charge in [0.25, 0.3) is 0 Å². The average Bonchev–Trinajstić information content (AvgIpc) is 2.42. The summed E-state index contributed by atoms with van der Waals surface area (Å²) in [5.41, 5.74) is 7.54. The van der Waals surface area contributed by atoms with Crippen molar-refractivity contribution in [2.24, 2.45) is 5.73 Å². The predicted molar refractivity (Wildman–Crippen MR) is 84.9 cm³/mol. The Kier molecular flexibility index (Phi) is 4.78. The molecule has 0 amide bonds. The number of halogens is 1. The second-order valence-corrected chi connectivity index (χ2v) is 5.94. The fourth-order valence-electron chi connectivity index (χ4n) is 2.25. The van der Waals surface area contributed by atoms with Gasteiger partial charge in [0.15, 0.2) is 0 Å². The lowest BCUT2D eigenvalue weighted by Crippen LogP contribution is -2.46. The molecule has 5 heteroatoms. The molecule has 20 heavy (non-hydrogen) atoms. The van der Waals surface area contributed by atoms with E-state index in [1.54, 1.807) is 0 Å². The van der Waals surface area contributed by atoms with Crippen LogP contribution in [0.4, 0.5) is 0 Å². The van der Waals surface area contributed by atoms with E-state index in [4.69, 9.17) is 17.3 Å². The Bertz CT molecular complexity index is 456. The standard InChI is InChI=1S/C15H23ClN4/c1-12-5-4-6-15(19-9-7-18(3)8-10-19)20(12)11-14(17)13(2)16/h4-6,11,13H,1,7-10,17H2,2-3H3/b14-11-. The molecule has 0 saturated carbocycles. The van der Waals surface area contributed by atoms with Crippen LogP contribution >= 0.6 is 11.6 Å². The normalized spacial score (nSPS) is 23.1. The van der Waals surface area contributed by atoms with Crippen LogP contribution in [0.5, 0.6) is 0 Å². The highest BCUT2D eigenvalue weighted by Gasteiger charge is 2.22. The number of nitrogens with two attached hydrogens (primary N) is 1. The van der Waals surface area contributed by atoms with E-state index in [0.29, 0.717) is 5.70 Å². The third kappa shape index (κ3) is 3.38. The quantitative estimate of drug-likeness (QED) is 0.807. The molecular weight excluding hydrogens is 272 g/mol. The molecule has 1 atom stereocenters. The summed E-state index contributed by atoms with van der Waals surface area (Å²) in [7, 11) is 2.15. The van der Waals surface area contributed by atoms with Crippen LogP contribution < -0.4 is 5.73 Å². The van der Waals surface area contributed by atoms with Gasteiger partial charge < -0.3 is 20.4 Å². The lowest BCUT2D eigenvalue weighted by molar-refractivity contribution is 0.162. The topological polar surface area (TPSA) is 35.7 Å². The number of hydrogen-bond acceptors (Lipinski definition) is 4. The fraction of sp³-hybridized carbons (Fsp3) is 0.467. The van der Waals surface area contributed by atoms with E-state index >= 15 is 0 Å². The summed E-state index contributed by atoms with van der Waals surface area (Å²) < 4.78 is 0. The maximum Gasteiger partial charge on any atom is 0.113 e. The van der Waals surface area contributed by atoms with Crippen LogP contribution in [0.25, 0.3) is 0 Å². The van der Waals surface area contributed by atoms with Gasteiger partial charge in [0.05, 0.1) is 5.38 Å². The zero-order valence-corrected chi connectivity index (χ0v) is 13.0. The Hall–Kier alpha value is -1.39. The Morgan fingerprint density at radius 3 is 2.65 bits per heavy atom. The van der Waals surface area contributed by atoms with Crippen LogP contribution in [0.1, 0.15) is 6.92 Å². The van der Waals surface area contributed by atoms with Gasteiger partial charge in [0.2, 0.25) is 0 Å². The first-order valence-corrected chi connectivity index (χ1v) is 7.34. The van der Waals surface area contributed by atoms with Gasteiger partial charge in [0.1, 0.15) is 5.82 Å². The number of alkyl halides is 1. The maximum atomic E-state index is 6.04. The predicted octanol–water partition coefficient (Wildman–Crippen LogP) is 1.89. The number of likely N-dealkylation sites (N-methyl/N-ethyl adjacent to an activating group) is 1. The summed E-state index contributed by atoms with van der Waals surface area (Å²) in [5.74, 6) is 1.12. The van der Waals surface area contributed by atoms with Crippen molar-refractivity contribution >= 4 is 11.6 Å². The van der Waals surface area contributed by atoms with Gasteiger partial charge in [-0.2, -0.15) is 0 Å². The van der Waals surface area contributed by atoms with E-state index < -0.39 is 0 Å². The smallest absolute Gasteiger partial charge is 0.113 e. The molecule has 2 aliphatic rings. The molecule has 1 fully saturated rings. The first-order chi connectivity index (χ1) is 9.49. The van der Waals surface area contributed by atoms with Crippen LogP contribution in [0.2, 0.25) is 0 Å². The van der Waals surface area contributed by atoms with Gasteiger partial charge in [0, 0.05) is 43.8 Å². The molecule has 110 valence electrons. The largest absolute Gasteiger partial charge is 0.400 e. The summed E-state index contributed by atoms with van der Waals surface area (Å²) in [6.45, 7) is 10.1. The highest BCUT2D eigenvalue weighted by Crippen LogP contribution is 2.24. The van der Waals surface area contributed by atoms with Crippen LogP contribution in [0.3, 0.4) is 0 Å². The van der Waals surface area contributed by atoms with E-state index in [9.17, 15) is 0 Å². The molecule has 0 aliphatic carbocycles. The molecule has 2 heterocycles. The fourth-order valence-corrected chi connectivity index (χ4v) is 2.30. The third-order valence-electron chi connectivity index (χ3n) is 3.65. The monoisotopic (exact) mass is 294 g/mol. The number of hydrogen-bond donors (Lipinski definition) is 1. The van der Waals surface area contributed by atoms with Crippen LogP contribution in [-0.4, -0.2) is 53.3 Å². The first kappa shape index (κ1) is 15.0. The van der Waals surface area contributed by atoms with Gasteiger partial charge in [-0.25, -0.2) is 0 Å². The molecule has 0 aromatic carbocycles. The lowest BCUT2D eigenvalue weighted by atomic mass is 10.2. The van der Waals surface area contributed by atoms with Gasteiger partial charge in [-0.3, -0.25) is 0 Å². The molecule has 2 aliphatic heterocycles. The van der Waals surface area contributed by atoms with E-state index in [0.717, 1.165) is 37.7 Å². The van der Waals surface area contributed by atoms with Crippen molar-refractivity contribution < 1.29 is 0 Å². The van der Waals surface area contributed by atoms with Crippen LogP contribution in [-0.2, 0) is 0 Å². The summed E-state index contributed by atoms with van der Waals surface area (Å²) in [4.78, 5) is 6.72. The van der Waals surface area contributed by atoms with E-state index in [1.807, 2.05) is 30.2 Å². The Balaban J connectivity index is 2.20. The molecule has 0 spiro atoms. The van der Waals surface area contributed by atoms with Gasteiger partial charge in [-0.15, -0.1) is 11.6 Å². The minimum Gasteiger partial charge on any atom is -0.400 e. The average molecular weight is 295 g/mol. The number of nitrogens with zero attached hydrogens (tertiary/aromatic N) is 3. The Labute approximate surface area is 126 Å². The van der Waals surface area contributed by atoms with Crippen molar-refractivity contribution in [3.63, 3.8) is 0 Å². The molecule has 1 saturated heterocycles. The number of rotatable bonds is 3. The third-order valence-corrected chi connectivity index (χ3v) is 3.91. The summed E-state index contributed by atoms with van der Waals surface area (Å²) >= 11 is 6.04. The van der Waals surface area contributed by atoms with E-state index in [1.165, 1.54) is 0 Å². The number of piperazine rings is 1. The molecule has 0 aromatic heterocycles. The van der Waals surface area contributed by atoms with Crippen molar-refractivity contribution in [1.29, 1.82) is 0 Å². The SMILES string of the molecule is C=C1C=CC=C(N2CCN(C)CC2)N1/C=C(\N)C(C)Cl. The lowest BCUT2D eigenvalue weighted by Gasteiger charge is -2.40. The van der Waals surface area contributed by atoms with E-state index in [2.05, 4.69) is 29.5 Å². The van der Waals surface area contributed by atoms with Crippen LogP contribution in [0, 0.1) is 0 Å². The zero-order chi connectivity index (χ0) is 14.7. The first-order valence-electron chi connectivity index (χ1n) is 6.90. The summed E-state index contributed by atoms with van der Waals surface area (Å²) in [6.07, 6.45) is 7.99. The van der Waals surface area contributed by atoms with Crippen molar-refractivity contribution in [2.45, 2.75) is 12.3 Å². The van der Waals surface area contributed by atoms with Gasteiger partial charge in [-0.1, -0.05) is 12.7 Å². The molecule has 1 unspecified atom stereocenters. The maximum absolute atomic E-state index is 6.04. The molecular formula is C15H23ClN4. The second-order valence-electron chi connectivity index (χ2n) is 5.28. The van der Waals surface area contributed by atoms with E-state index in [-0.39, 0.29) is 5.38 Å². The Morgan fingerprint density at radius 2 is 2.05 bits per heavy atom. The van der Waals surface area contributed by atoms with Gasteiger partial charge in [-0.05, 0) is 26.1 Å². The van der Waals surface area contributed by atoms with Gasteiger partial charge >= 0.3 is 0 Å². The highest BCUT2D eigenvalue weighted by molar-refractivity contribution is 6.22. The molecule has 2 N–H and O–H groups in total. The molecule has 0 aromatic rings. The molecule has 0 bridgehead atoms. The van der Waals surface area contributed by atoms with Crippen LogP contribution in [0.15, 0.2) is 48.2 Å². The second kappa shape index (κ2) is 6.37. The van der Waals surface area contributed by atoms with Crippen molar-refractivity contribution in [3.8, 4) is 0 Å². The van der Waals surface area contributed by atoms with Crippen molar-refractivity contribution in [1.82, 2.24) is 14.7 Å². The zero-order valence-electron chi connectivity index (χ0n) is 12.2. The molecule has 4 nitrogen and oxygen atoms in total. The highest BCUT2D eigenvalue weighted by atomic mass is 35.5. The van der Waals surface area contributed by atoms with Crippen molar-refractivity contribution in [3.05, 3.63) is 48.2 Å². The minimum atomic E-state index is -0.192. The Morgan fingerprint density at radius 1 is 1.40 bits per heavy atom. The summed E-state index contributed by atoms with van der Waals surface area (Å²) in [6, 6.07) is 0.